The van der Waals surface area contributed by atoms with Gasteiger partial charge in [-0.3, -0.25) is 15.0 Å². The second-order valence-electron chi connectivity index (χ2n) is 7.94. The topological polar surface area (TPSA) is 67.8 Å². The van der Waals surface area contributed by atoms with E-state index in [1.54, 1.807) is 39.8 Å². The molecule has 1 aliphatic heterocycles. The molecule has 2 aromatic carbocycles. The number of Topliss-reactive ketones (excluding diaryl/α,β-unsaturated/α-hetero) is 1. The quantitative estimate of drug-likeness (QED) is 0.373. The van der Waals surface area contributed by atoms with E-state index in [4.69, 9.17) is 4.74 Å². The minimum Gasteiger partial charge on any atom is -0.454 e. The fraction of sp³-hybridized carbons (Fsp3) is 0.318. The average Bonchev–Trinajstić information content (AvgIpc) is 2.67. The summed E-state index contributed by atoms with van der Waals surface area (Å²) in [5.41, 5.74) is 2.33. The number of para-hydroxylation sites is 1. The number of anilines is 1. The molecule has 0 saturated carbocycles. The van der Waals surface area contributed by atoms with Gasteiger partial charge in [0.25, 0.3) is 0 Å². The van der Waals surface area contributed by atoms with Crippen LogP contribution in [0.2, 0.25) is 0 Å². The molecule has 1 atom stereocenters. The number of rotatable bonds is 4. The second-order valence-corrected chi connectivity index (χ2v) is 7.94. The molecule has 3 rings (SSSR count). The maximum atomic E-state index is 13.4. The van der Waals surface area contributed by atoms with E-state index in [1.165, 1.54) is 12.1 Å². The zero-order chi connectivity index (χ0) is 20.5. The fourth-order valence-corrected chi connectivity index (χ4v) is 3.35. The van der Waals surface area contributed by atoms with Crippen LogP contribution in [0.4, 0.5) is 10.1 Å². The van der Waals surface area contributed by atoms with Gasteiger partial charge < -0.3 is 4.74 Å². The first-order chi connectivity index (χ1) is 13.1. The Bertz CT molecular complexity index is 919. The lowest BCUT2D eigenvalue weighted by Crippen LogP contribution is -2.58. The minimum absolute atomic E-state index is 0.226. The fourth-order valence-electron chi connectivity index (χ4n) is 3.35. The standard InChI is InChI=1S/C22H23FN2O3/c1-21(2)18(28-20(27)22(3,4)19(21)26)17(14-10-12-15(23)13-11-14)25-24-16-8-6-5-7-9-16/h5-13,18,24H,1-4H3/b25-17+. The molecule has 0 aromatic heterocycles. The Labute approximate surface area is 163 Å². The molecule has 2 aromatic rings. The highest BCUT2D eigenvalue weighted by Gasteiger charge is 2.56. The van der Waals surface area contributed by atoms with E-state index in [1.807, 2.05) is 30.3 Å². The van der Waals surface area contributed by atoms with Crippen molar-refractivity contribution in [1.29, 1.82) is 0 Å². The zero-order valence-electron chi connectivity index (χ0n) is 16.3. The van der Waals surface area contributed by atoms with Gasteiger partial charge >= 0.3 is 5.97 Å². The predicted molar refractivity (Wildman–Crippen MR) is 105 cm³/mol. The van der Waals surface area contributed by atoms with Gasteiger partial charge in [0.1, 0.15) is 16.9 Å². The van der Waals surface area contributed by atoms with Crippen molar-refractivity contribution in [2.45, 2.75) is 33.8 Å². The molecule has 1 N–H and O–H groups in total. The van der Waals surface area contributed by atoms with Gasteiger partial charge in [-0.05, 0) is 52.0 Å². The van der Waals surface area contributed by atoms with Crippen LogP contribution < -0.4 is 5.43 Å². The number of benzene rings is 2. The number of esters is 1. The first kappa shape index (κ1) is 19.7. The lowest BCUT2D eigenvalue weighted by molar-refractivity contribution is -0.179. The lowest BCUT2D eigenvalue weighted by atomic mass is 9.67. The van der Waals surface area contributed by atoms with E-state index in [0.29, 0.717) is 11.3 Å². The lowest BCUT2D eigenvalue weighted by Gasteiger charge is -2.43. The van der Waals surface area contributed by atoms with Crippen molar-refractivity contribution in [3.05, 3.63) is 66.0 Å². The minimum atomic E-state index is -1.24. The van der Waals surface area contributed by atoms with Crippen molar-refractivity contribution in [2.24, 2.45) is 15.9 Å². The van der Waals surface area contributed by atoms with Crippen LogP contribution in [0.3, 0.4) is 0 Å². The number of nitrogens with one attached hydrogen (secondary N) is 1. The average molecular weight is 382 g/mol. The highest BCUT2D eigenvalue weighted by atomic mass is 19.1. The Morgan fingerprint density at radius 2 is 1.61 bits per heavy atom. The van der Waals surface area contributed by atoms with E-state index >= 15 is 0 Å². The van der Waals surface area contributed by atoms with Gasteiger partial charge in [-0.25, -0.2) is 4.39 Å². The molecule has 0 radical (unpaired) electrons. The van der Waals surface area contributed by atoms with Crippen molar-refractivity contribution in [2.75, 3.05) is 5.43 Å². The first-order valence-electron chi connectivity index (χ1n) is 9.04. The number of ketones is 1. The van der Waals surface area contributed by atoms with Gasteiger partial charge in [0.05, 0.1) is 11.1 Å². The first-order valence-corrected chi connectivity index (χ1v) is 9.04. The third kappa shape index (κ3) is 3.54. The van der Waals surface area contributed by atoms with Crippen LogP contribution in [0.15, 0.2) is 59.7 Å². The Morgan fingerprint density at radius 3 is 2.21 bits per heavy atom. The molecule has 1 heterocycles. The van der Waals surface area contributed by atoms with E-state index < -0.39 is 28.7 Å². The highest BCUT2D eigenvalue weighted by Crippen LogP contribution is 2.41. The third-order valence-corrected chi connectivity index (χ3v) is 5.01. The molecule has 146 valence electrons. The van der Waals surface area contributed by atoms with E-state index in [-0.39, 0.29) is 5.78 Å². The largest absolute Gasteiger partial charge is 0.454 e. The maximum Gasteiger partial charge on any atom is 0.319 e. The number of carbonyl (C=O) groups excluding carboxylic acids is 2. The molecular formula is C22H23FN2O3. The summed E-state index contributed by atoms with van der Waals surface area (Å²) in [4.78, 5) is 25.5. The van der Waals surface area contributed by atoms with E-state index in [0.717, 1.165) is 5.69 Å². The summed E-state index contributed by atoms with van der Waals surface area (Å²) in [7, 11) is 0. The molecule has 1 fully saturated rings. The van der Waals surface area contributed by atoms with Crippen LogP contribution in [0.1, 0.15) is 33.3 Å². The summed E-state index contributed by atoms with van der Waals surface area (Å²) < 4.78 is 19.1. The Balaban J connectivity index is 2.06. The Hall–Kier alpha value is -3.02. The third-order valence-electron chi connectivity index (χ3n) is 5.01. The van der Waals surface area contributed by atoms with Crippen LogP contribution in [-0.4, -0.2) is 23.6 Å². The summed E-state index contributed by atoms with van der Waals surface area (Å²) in [5.74, 6) is -1.22. The summed E-state index contributed by atoms with van der Waals surface area (Å²) in [6.45, 7) is 6.59. The van der Waals surface area contributed by atoms with Gasteiger partial charge in [0.15, 0.2) is 11.9 Å². The van der Waals surface area contributed by atoms with Crippen LogP contribution in [0.25, 0.3) is 0 Å². The molecular weight excluding hydrogens is 359 g/mol. The van der Waals surface area contributed by atoms with Crippen LogP contribution in [-0.2, 0) is 14.3 Å². The molecule has 1 unspecified atom stereocenters. The molecule has 1 saturated heterocycles. The summed E-state index contributed by atoms with van der Waals surface area (Å²) in [5, 5.41) is 4.44. The molecule has 0 bridgehead atoms. The molecule has 5 nitrogen and oxygen atoms in total. The number of ether oxygens (including phenoxy) is 1. The van der Waals surface area contributed by atoms with Gasteiger partial charge in [0, 0.05) is 5.56 Å². The maximum absolute atomic E-state index is 13.4. The number of cyclic esters (lactones) is 1. The predicted octanol–water partition coefficient (Wildman–Crippen LogP) is 4.19. The summed E-state index contributed by atoms with van der Waals surface area (Å²) in [6.07, 6.45) is -0.915. The monoisotopic (exact) mass is 382 g/mol. The molecule has 28 heavy (non-hydrogen) atoms. The van der Waals surface area contributed by atoms with Gasteiger partial charge in [-0.15, -0.1) is 0 Å². The zero-order valence-corrected chi connectivity index (χ0v) is 16.3. The number of nitrogens with zero attached hydrogens (tertiary/aromatic N) is 1. The summed E-state index contributed by atoms with van der Waals surface area (Å²) >= 11 is 0. The molecule has 0 spiro atoms. The normalized spacial score (nSPS) is 21.2. The van der Waals surface area contributed by atoms with Crippen LogP contribution >= 0.6 is 0 Å². The van der Waals surface area contributed by atoms with Gasteiger partial charge in [-0.1, -0.05) is 30.3 Å². The Morgan fingerprint density at radius 1 is 1.00 bits per heavy atom. The van der Waals surface area contributed by atoms with E-state index in [9.17, 15) is 14.0 Å². The van der Waals surface area contributed by atoms with Crippen molar-refractivity contribution in [3.63, 3.8) is 0 Å². The SMILES string of the molecule is CC1(C)C(=O)OC(/C(=N/Nc2ccccc2)c2ccc(F)cc2)C(C)(C)C1=O. The molecule has 1 aliphatic rings. The number of carbonyl (C=O) groups is 2. The Kier molecular flexibility index (Phi) is 5.06. The number of hydrazone groups is 1. The molecule has 0 aliphatic carbocycles. The van der Waals surface area contributed by atoms with E-state index in [2.05, 4.69) is 10.5 Å². The van der Waals surface area contributed by atoms with Crippen molar-refractivity contribution in [1.82, 2.24) is 0 Å². The molecule has 0 amide bonds. The number of halogens is 1. The smallest absolute Gasteiger partial charge is 0.319 e. The second kappa shape index (κ2) is 7.19. The number of hydrogen-bond donors (Lipinski definition) is 1. The van der Waals surface area contributed by atoms with Gasteiger partial charge in [0.2, 0.25) is 0 Å². The van der Waals surface area contributed by atoms with Crippen LogP contribution in [0, 0.1) is 16.6 Å². The van der Waals surface area contributed by atoms with Crippen molar-refractivity contribution < 1.29 is 18.7 Å². The number of hydrogen-bond acceptors (Lipinski definition) is 5. The van der Waals surface area contributed by atoms with Crippen molar-refractivity contribution in [3.8, 4) is 0 Å². The summed E-state index contributed by atoms with van der Waals surface area (Å²) in [6, 6.07) is 15.0. The molecule has 6 heteroatoms. The van der Waals surface area contributed by atoms with Crippen LogP contribution in [0.5, 0.6) is 0 Å². The van der Waals surface area contributed by atoms with Crippen molar-refractivity contribution >= 4 is 23.2 Å². The van der Waals surface area contributed by atoms with Gasteiger partial charge in [-0.2, -0.15) is 5.10 Å². The highest BCUT2D eigenvalue weighted by molar-refractivity contribution is 6.15.